The van der Waals surface area contributed by atoms with Crippen molar-refractivity contribution in [3.63, 3.8) is 0 Å². The van der Waals surface area contributed by atoms with Gasteiger partial charge in [-0.05, 0) is 24.3 Å². The molecular formula is C11H12FN3O2. The van der Waals surface area contributed by atoms with Gasteiger partial charge in [-0.2, -0.15) is 0 Å². The Morgan fingerprint density at radius 3 is 2.53 bits per heavy atom. The lowest BCUT2D eigenvalue weighted by atomic mass is 10.3. The minimum atomic E-state index is -0.542. The number of hydrogen-bond acceptors (Lipinski definition) is 2. The van der Waals surface area contributed by atoms with Crippen LogP contribution in [0.3, 0.4) is 0 Å². The van der Waals surface area contributed by atoms with E-state index in [1.165, 1.54) is 34.1 Å². The van der Waals surface area contributed by atoms with Gasteiger partial charge in [-0.25, -0.2) is 9.18 Å². The van der Waals surface area contributed by atoms with Crippen LogP contribution in [-0.2, 0) is 4.79 Å². The predicted octanol–water partition coefficient (Wildman–Crippen LogP) is 0.553. The Labute approximate surface area is 97.6 Å². The van der Waals surface area contributed by atoms with E-state index >= 15 is 0 Å². The van der Waals surface area contributed by atoms with Crippen LogP contribution in [0.1, 0.15) is 0 Å². The Hall–Kier alpha value is -2.11. The van der Waals surface area contributed by atoms with Crippen LogP contribution in [-0.4, -0.2) is 36.5 Å². The molecule has 1 aliphatic rings. The Bertz CT molecular complexity index is 447. The summed E-state index contributed by atoms with van der Waals surface area (Å²) in [4.78, 5) is 25.5. The molecule has 0 aromatic heterocycles. The van der Waals surface area contributed by atoms with Gasteiger partial charge in [0.1, 0.15) is 12.4 Å². The fourth-order valence-corrected chi connectivity index (χ4v) is 1.78. The van der Waals surface area contributed by atoms with Crippen molar-refractivity contribution < 1.29 is 14.0 Å². The molecule has 5 nitrogen and oxygen atoms in total. The van der Waals surface area contributed by atoms with E-state index in [0.717, 1.165) is 0 Å². The van der Waals surface area contributed by atoms with E-state index in [4.69, 9.17) is 5.73 Å². The zero-order valence-corrected chi connectivity index (χ0v) is 9.10. The van der Waals surface area contributed by atoms with Gasteiger partial charge in [-0.3, -0.25) is 9.69 Å². The Morgan fingerprint density at radius 1 is 1.29 bits per heavy atom. The number of amides is 3. The molecule has 17 heavy (non-hydrogen) atoms. The maximum atomic E-state index is 12.7. The summed E-state index contributed by atoms with van der Waals surface area (Å²) in [5.41, 5.74) is 5.65. The second kappa shape index (κ2) is 4.40. The molecule has 1 aromatic carbocycles. The molecule has 6 heteroatoms. The van der Waals surface area contributed by atoms with E-state index in [0.29, 0.717) is 18.8 Å². The van der Waals surface area contributed by atoms with Gasteiger partial charge in [0.15, 0.2) is 0 Å². The first-order valence-electron chi connectivity index (χ1n) is 5.18. The fraction of sp³-hybridized carbons (Fsp3) is 0.273. The van der Waals surface area contributed by atoms with Crippen molar-refractivity contribution in [2.45, 2.75) is 0 Å². The van der Waals surface area contributed by atoms with Gasteiger partial charge >= 0.3 is 6.03 Å². The minimum absolute atomic E-state index is 0.0868. The topological polar surface area (TPSA) is 66.6 Å². The Kier molecular flexibility index (Phi) is 2.95. The summed E-state index contributed by atoms with van der Waals surface area (Å²) in [5.74, 6) is -0.895. The van der Waals surface area contributed by atoms with Crippen molar-refractivity contribution in [2.24, 2.45) is 5.73 Å². The van der Waals surface area contributed by atoms with Gasteiger partial charge in [0.05, 0.1) is 0 Å². The number of benzene rings is 1. The molecule has 0 unspecified atom stereocenters. The summed E-state index contributed by atoms with van der Waals surface area (Å²) in [6.07, 6.45) is 0. The molecule has 1 saturated heterocycles. The lowest BCUT2D eigenvalue weighted by molar-refractivity contribution is -0.118. The highest BCUT2D eigenvalue weighted by Gasteiger charge is 2.30. The van der Waals surface area contributed by atoms with Crippen molar-refractivity contribution in [2.75, 3.05) is 24.5 Å². The maximum absolute atomic E-state index is 12.7. The normalized spacial score (nSPS) is 15.5. The summed E-state index contributed by atoms with van der Waals surface area (Å²) in [7, 11) is 0. The van der Waals surface area contributed by atoms with Crippen molar-refractivity contribution in [1.29, 1.82) is 0 Å². The average Bonchev–Trinajstić information content (AvgIpc) is 2.61. The summed E-state index contributed by atoms with van der Waals surface area (Å²) in [5, 5.41) is 0. The monoisotopic (exact) mass is 237 g/mol. The lowest BCUT2D eigenvalue weighted by Gasteiger charge is -2.17. The largest absolute Gasteiger partial charge is 0.368 e. The lowest BCUT2D eigenvalue weighted by Crippen LogP contribution is -2.37. The number of halogens is 1. The molecule has 1 fully saturated rings. The Morgan fingerprint density at radius 2 is 1.94 bits per heavy atom. The highest BCUT2D eigenvalue weighted by atomic mass is 19.1. The van der Waals surface area contributed by atoms with Crippen LogP contribution < -0.4 is 10.6 Å². The van der Waals surface area contributed by atoms with E-state index in [-0.39, 0.29) is 18.4 Å². The third kappa shape index (κ3) is 2.35. The molecular weight excluding hydrogens is 225 g/mol. The SMILES string of the molecule is NC(=O)CN1CCN(c2ccc(F)cc2)C1=O. The highest BCUT2D eigenvalue weighted by Crippen LogP contribution is 2.20. The molecule has 3 amide bonds. The average molecular weight is 237 g/mol. The number of nitrogens with two attached hydrogens (primary N) is 1. The van der Waals surface area contributed by atoms with E-state index in [9.17, 15) is 14.0 Å². The maximum Gasteiger partial charge on any atom is 0.325 e. The zero-order valence-electron chi connectivity index (χ0n) is 9.10. The van der Waals surface area contributed by atoms with Crippen LogP contribution in [0.5, 0.6) is 0 Å². The van der Waals surface area contributed by atoms with Crippen LogP contribution in [0.2, 0.25) is 0 Å². The number of carbonyl (C=O) groups excluding carboxylic acids is 2. The number of primary amides is 1. The third-order valence-corrected chi connectivity index (χ3v) is 2.58. The van der Waals surface area contributed by atoms with Crippen LogP contribution in [0.4, 0.5) is 14.9 Å². The smallest absolute Gasteiger partial charge is 0.325 e. The second-order valence-electron chi connectivity index (χ2n) is 3.80. The van der Waals surface area contributed by atoms with Crippen molar-refractivity contribution >= 4 is 17.6 Å². The number of carbonyl (C=O) groups is 2. The predicted molar refractivity (Wildman–Crippen MR) is 59.9 cm³/mol. The summed E-state index contributed by atoms with van der Waals surface area (Å²) < 4.78 is 12.7. The molecule has 2 rings (SSSR count). The summed E-state index contributed by atoms with van der Waals surface area (Å²) in [6.45, 7) is 0.827. The third-order valence-electron chi connectivity index (χ3n) is 2.58. The molecule has 0 radical (unpaired) electrons. The fourth-order valence-electron chi connectivity index (χ4n) is 1.78. The molecule has 2 N–H and O–H groups in total. The number of rotatable bonds is 3. The molecule has 0 saturated carbocycles. The first-order chi connectivity index (χ1) is 8.08. The molecule has 0 atom stereocenters. The number of anilines is 1. The molecule has 1 heterocycles. The van der Waals surface area contributed by atoms with E-state index in [1.807, 2.05) is 0 Å². The van der Waals surface area contributed by atoms with E-state index in [2.05, 4.69) is 0 Å². The number of nitrogens with zero attached hydrogens (tertiary/aromatic N) is 2. The quantitative estimate of drug-likeness (QED) is 0.834. The standard InChI is InChI=1S/C11H12FN3O2/c12-8-1-3-9(4-2-8)15-6-5-14(11(15)17)7-10(13)16/h1-4H,5-7H2,(H2,13,16). The zero-order chi connectivity index (χ0) is 12.4. The van der Waals surface area contributed by atoms with Crippen LogP contribution in [0, 0.1) is 5.82 Å². The molecule has 1 aliphatic heterocycles. The van der Waals surface area contributed by atoms with Gasteiger partial charge in [-0.1, -0.05) is 0 Å². The van der Waals surface area contributed by atoms with Crippen LogP contribution in [0.25, 0.3) is 0 Å². The number of urea groups is 1. The molecule has 0 aliphatic carbocycles. The van der Waals surface area contributed by atoms with Crippen molar-refractivity contribution in [3.8, 4) is 0 Å². The van der Waals surface area contributed by atoms with E-state index < -0.39 is 5.91 Å². The molecule has 0 bridgehead atoms. The van der Waals surface area contributed by atoms with Gasteiger partial charge in [0.2, 0.25) is 5.91 Å². The minimum Gasteiger partial charge on any atom is -0.368 e. The van der Waals surface area contributed by atoms with Gasteiger partial charge in [-0.15, -0.1) is 0 Å². The highest BCUT2D eigenvalue weighted by molar-refractivity contribution is 5.96. The summed E-state index contributed by atoms with van der Waals surface area (Å²) >= 11 is 0. The van der Waals surface area contributed by atoms with Crippen LogP contribution >= 0.6 is 0 Å². The van der Waals surface area contributed by atoms with Gasteiger partial charge in [0, 0.05) is 18.8 Å². The molecule has 1 aromatic rings. The van der Waals surface area contributed by atoms with Crippen molar-refractivity contribution in [3.05, 3.63) is 30.1 Å². The first kappa shape index (κ1) is 11.4. The Balaban J connectivity index is 2.12. The summed E-state index contributed by atoms with van der Waals surface area (Å²) in [6, 6.07) is 5.36. The van der Waals surface area contributed by atoms with E-state index in [1.54, 1.807) is 0 Å². The van der Waals surface area contributed by atoms with Crippen molar-refractivity contribution in [1.82, 2.24) is 4.90 Å². The first-order valence-corrected chi connectivity index (χ1v) is 5.18. The molecule has 90 valence electrons. The van der Waals surface area contributed by atoms with Gasteiger partial charge < -0.3 is 10.6 Å². The second-order valence-corrected chi connectivity index (χ2v) is 3.80. The number of hydrogen-bond donors (Lipinski definition) is 1. The van der Waals surface area contributed by atoms with Crippen LogP contribution in [0.15, 0.2) is 24.3 Å². The van der Waals surface area contributed by atoms with Gasteiger partial charge in [0.25, 0.3) is 0 Å². The molecule has 0 spiro atoms.